The Bertz CT molecular complexity index is 977. The second-order valence-electron chi connectivity index (χ2n) is 5.77. The Kier molecular flexibility index (Phi) is 5.60. The van der Waals surface area contributed by atoms with Crippen LogP contribution in [0.15, 0.2) is 47.4 Å². The summed E-state index contributed by atoms with van der Waals surface area (Å²) in [6.45, 7) is 3.02. The van der Waals surface area contributed by atoms with E-state index in [2.05, 4.69) is 20.7 Å². The molecule has 0 saturated heterocycles. The number of hydrogen-bond acceptors (Lipinski definition) is 6. The lowest BCUT2D eigenvalue weighted by Crippen LogP contribution is -2.32. The quantitative estimate of drug-likeness (QED) is 0.664. The molecule has 3 rings (SSSR count). The topological polar surface area (TPSA) is 104 Å². The van der Waals surface area contributed by atoms with Gasteiger partial charge in [0.1, 0.15) is 5.75 Å². The third-order valence-electron chi connectivity index (χ3n) is 3.77. The summed E-state index contributed by atoms with van der Waals surface area (Å²) >= 11 is 0. The van der Waals surface area contributed by atoms with E-state index < -0.39 is 0 Å². The number of ether oxygens (including phenoxy) is 1. The smallest absolute Gasteiger partial charge is 0.273 e. The van der Waals surface area contributed by atoms with Crippen molar-refractivity contribution in [1.82, 2.24) is 30.1 Å². The molecular formula is C18H20N6O3. The molecule has 0 bridgehead atoms. The van der Waals surface area contributed by atoms with E-state index in [1.54, 1.807) is 13.1 Å². The second kappa shape index (κ2) is 8.26. The SMILES string of the molecule is CCOc1ccc(-c2ccc(=O)n(CCNC(=O)c3cn(C)nn3)n2)cc1. The average Bonchev–Trinajstić information content (AvgIpc) is 3.11. The zero-order valence-corrected chi connectivity index (χ0v) is 15.1. The number of amides is 1. The van der Waals surface area contributed by atoms with Crippen LogP contribution in [0.3, 0.4) is 0 Å². The molecule has 0 aliphatic carbocycles. The van der Waals surface area contributed by atoms with Gasteiger partial charge in [-0.15, -0.1) is 5.10 Å². The van der Waals surface area contributed by atoms with Crippen molar-refractivity contribution in [3.63, 3.8) is 0 Å². The molecule has 1 N–H and O–H groups in total. The first-order chi connectivity index (χ1) is 13.1. The van der Waals surface area contributed by atoms with Gasteiger partial charge in [0.05, 0.1) is 25.0 Å². The van der Waals surface area contributed by atoms with Crippen LogP contribution in [0.1, 0.15) is 17.4 Å². The lowest BCUT2D eigenvalue weighted by Gasteiger charge is -2.08. The molecule has 0 atom stereocenters. The van der Waals surface area contributed by atoms with Gasteiger partial charge in [0, 0.05) is 25.2 Å². The molecule has 0 aliphatic heterocycles. The largest absolute Gasteiger partial charge is 0.494 e. The third-order valence-corrected chi connectivity index (χ3v) is 3.77. The molecule has 140 valence electrons. The first kappa shape index (κ1) is 18.3. The molecule has 3 aromatic rings. The van der Waals surface area contributed by atoms with E-state index in [1.807, 2.05) is 31.2 Å². The molecule has 2 heterocycles. The van der Waals surface area contributed by atoms with Crippen LogP contribution in [-0.4, -0.2) is 43.8 Å². The van der Waals surface area contributed by atoms with Gasteiger partial charge in [0.25, 0.3) is 11.5 Å². The summed E-state index contributed by atoms with van der Waals surface area (Å²) in [5.41, 5.74) is 1.52. The third kappa shape index (κ3) is 4.57. The molecule has 0 unspecified atom stereocenters. The molecule has 0 radical (unpaired) electrons. The highest BCUT2D eigenvalue weighted by Gasteiger charge is 2.09. The van der Waals surface area contributed by atoms with Gasteiger partial charge in [-0.05, 0) is 37.3 Å². The molecule has 27 heavy (non-hydrogen) atoms. The maximum Gasteiger partial charge on any atom is 0.273 e. The van der Waals surface area contributed by atoms with Crippen molar-refractivity contribution in [1.29, 1.82) is 0 Å². The maximum atomic E-state index is 12.0. The summed E-state index contributed by atoms with van der Waals surface area (Å²) in [7, 11) is 1.68. The van der Waals surface area contributed by atoms with Gasteiger partial charge in [0.2, 0.25) is 0 Å². The fourth-order valence-electron chi connectivity index (χ4n) is 2.47. The standard InChI is InChI=1S/C18H20N6O3/c1-3-27-14-6-4-13(5-7-14)15-8-9-17(25)24(21-15)11-10-19-18(26)16-12-23(2)22-20-16/h4-9,12H,3,10-11H2,1-2H3,(H,19,26). The molecule has 0 aliphatic rings. The molecular weight excluding hydrogens is 348 g/mol. The second-order valence-corrected chi connectivity index (χ2v) is 5.77. The number of nitrogens with zero attached hydrogens (tertiary/aromatic N) is 5. The first-order valence-corrected chi connectivity index (χ1v) is 8.52. The van der Waals surface area contributed by atoms with E-state index in [0.29, 0.717) is 12.3 Å². The Hall–Kier alpha value is -3.49. The fourth-order valence-corrected chi connectivity index (χ4v) is 2.47. The van der Waals surface area contributed by atoms with Crippen LogP contribution in [0.5, 0.6) is 5.75 Å². The molecule has 1 amide bonds. The highest BCUT2D eigenvalue weighted by atomic mass is 16.5. The molecule has 0 fully saturated rings. The maximum absolute atomic E-state index is 12.0. The van der Waals surface area contributed by atoms with Crippen LogP contribution in [0.25, 0.3) is 11.3 Å². The van der Waals surface area contributed by atoms with Gasteiger partial charge >= 0.3 is 0 Å². The Morgan fingerprint density at radius 2 is 1.96 bits per heavy atom. The molecule has 9 heteroatoms. The van der Waals surface area contributed by atoms with E-state index in [9.17, 15) is 9.59 Å². The number of rotatable bonds is 7. The number of hydrogen-bond donors (Lipinski definition) is 1. The summed E-state index contributed by atoms with van der Waals surface area (Å²) < 4.78 is 8.19. The Morgan fingerprint density at radius 3 is 2.63 bits per heavy atom. The minimum Gasteiger partial charge on any atom is -0.494 e. The van der Waals surface area contributed by atoms with Crippen molar-refractivity contribution in [3.05, 3.63) is 58.6 Å². The van der Waals surface area contributed by atoms with E-state index >= 15 is 0 Å². The van der Waals surface area contributed by atoms with Crippen LogP contribution in [-0.2, 0) is 13.6 Å². The van der Waals surface area contributed by atoms with Crippen LogP contribution < -0.4 is 15.6 Å². The average molecular weight is 368 g/mol. The van der Waals surface area contributed by atoms with Crippen molar-refractivity contribution in [2.45, 2.75) is 13.5 Å². The molecule has 2 aromatic heterocycles. The van der Waals surface area contributed by atoms with Gasteiger partial charge in [-0.2, -0.15) is 5.10 Å². The minimum atomic E-state index is -0.348. The number of benzene rings is 1. The number of carbonyl (C=O) groups excluding carboxylic acids is 1. The van der Waals surface area contributed by atoms with E-state index in [0.717, 1.165) is 11.3 Å². The summed E-state index contributed by atoms with van der Waals surface area (Å²) in [6, 6.07) is 10.6. The lowest BCUT2D eigenvalue weighted by molar-refractivity contribution is 0.0946. The van der Waals surface area contributed by atoms with Crippen molar-refractivity contribution in [2.24, 2.45) is 7.05 Å². The number of nitrogens with one attached hydrogen (secondary N) is 1. The first-order valence-electron chi connectivity index (χ1n) is 8.52. The fraction of sp³-hybridized carbons (Fsp3) is 0.278. The van der Waals surface area contributed by atoms with Gasteiger partial charge in [0.15, 0.2) is 5.69 Å². The van der Waals surface area contributed by atoms with Crippen molar-refractivity contribution in [2.75, 3.05) is 13.2 Å². The molecule has 0 spiro atoms. The summed E-state index contributed by atoms with van der Waals surface area (Å²) in [5.74, 6) is 0.431. The van der Waals surface area contributed by atoms with Crippen molar-refractivity contribution in [3.8, 4) is 17.0 Å². The summed E-state index contributed by atoms with van der Waals surface area (Å²) in [5, 5.41) is 14.5. The predicted octanol–water partition coefficient (Wildman–Crippen LogP) is 0.867. The van der Waals surface area contributed by atoms with Gasteiger partial charge in [-0.3, -0.25) is 14.3 Å². The van der Waals surface area contributed by atoms with Gasteiger partial charge in [-0.25, -0.2) is 4.68 Å². The Morgan fingerprint density at radius 1 is 1.19 bits per heavy atom. The Balaban J connectivity index is 1.66. The zero-order valence-electron chi connectivity index (χ0n) is 15.1. The molecule has 1 aromatic carbocycles. The van der Waals surface area contributed by atoms with Gasteiger partial charge < -0.3 is 10.1 Å². The Labute approximate surface area is 155 Å². The van der Waals surface area contributed by atoms with Crippen LogP contribution >= 0.6 is 0 Å². The predicted molar refractivity (Wildman–Crippen MR) is 98.4 cm³/mol. The monoisotopic (exact) mass is 368 g/mol. The molecule has 9 nitrogen and oxygen atoms in total. The highest BCUT2D eigenvalue weighted by molar-refractivity contribution is 5.91. The normalized spacial score (nSPS) is 10.6. The van der Waals surface area contributed by atoms with Crippen molar-refractivity contribution >= 4 is 5.91 Å². The lowest BCUT2D eigenvalue weighted by atomic mass is 10.1. The van der Waals surface area contributed by atoms with Crippen LogP contribution in [0.4, 0.5) is 0 Å². The number of aromatic nitrogens is 5. The molecule has 0 saturated carbocycles. The summed E-state index contributed by atoms with van der Waals surface area (Å²) in [6.07, 6.45) is 1.52. The van der Waals surface area contributed by atoms with E-state index in [1.165, 1.54) is 21.6 Å². The van der Waals surface area contributed by atoms with Crippen LogP contribution in [0, 0.1) is 0 Å². The number of aryl methyl sites for hydroxylation is 1. The van der Waals surface area contributed by atoms with Gasteiger partial charge in [-0.1, -0.05) is 5.21 Å². The van der Waals surface area contributed by atoms with E-state index in [-0.39, 0.29) is 30.2 Å². The zero-order chi connectivity index (χ0) is 19.2. The minimum absolute atomic E-state index is 0.223. The van der Waals surface area contributed by atoms with Crippen molar-refractivity contribution < 1.29 is 9.53 Å². The van der Waals surface area contributed by atoms with Crippen LogP contribution in [0.2, 0.25) is 0 Å². The summed E-state index contributed by atoms with van der Waals surface area (Å²) in [4.78, 5) is 24.0. The highest BCUT2D eigenvalue weighted by Crippen LogP contribution is 2.19. The number of carbonyl (C=O) groups is 1. The van der Waals surface area contributed by atoms with E-state index in [4.69, 9.17) is 4.74 Å².